The maximum Gasteiger partial charge on any atom is 0.346 e. The maximum absolute atomic E-state index is 11.2. The Hall–Kier alpha value is -2.85. The summed E-state index contributed by atoms with van der Waals surface area (Å²) in [4.78, 5) is 11.2. The lowest BCUT2D eigenvalue weighted by Gasteiger charge is -2.45. The van der Waals surface area contributed by atoms with Gasteiger partial charge in [0.1, 0.15) is 35.9 Å². The van der Waals surface area contributed by atoms with Gasteiger partial charge in [-0.1, -0.05) is 12.1 Å². The average Bonchev–Trinajstić information content (AvgIpc) is 2.79. The van der Waals surface area contributed by atoms with Crippen LogP contribution < -0.4 is 14.8 Å². The highest BCUT2D eigenvalue weighted by Gasteiger charge is 2.48. The molecule has 1 saturated heterocycles. The molecule has 0 amide bonds. The Morgan fingerprint density at radius 3 is 2.61 bits per heavy atom. The molecular weight excluding hydrogens is 430 g/mol. The standard InChI is InChI=1S/C24H29NO8/c1-24(2)22(28)20(27)19(26)21(33-24)13-5-7-16(31-3)14(10-13)8-12-4-6-17-15(9-12)25-11-18(32-17)23(29)30/h4-7,9-10,18-22,25-28H,8,11H2,1-3H3,(H,29,30)/t18?,19-,20-,21+,22+/m1/s1. The van der Waals surface area contributed by atoms with Gasteiger partial charge in [0.25, 0.3) is 0 Å². The van der Waals surface area contributed by atoms with Crippen LogP contribution in [-0.2, 0) is 16.0 Å². The van der Waals surface area contributed by atoms with Crippen LogP contribution in [0.3, 0.4) is 0 Å². The molecule has 0 aromatic heterocycles. The van der Waals surface area contributed by atoms with Crippen molar-refractivity contribution >= 4 is 11.7 Å². The van der Waals surface area contributed by atoms with E-state index in [0.717, 1.165) is 11.1 Å². The number of ether oxygens (including phenoxy) is 3. The number of aliphatic hydroxyl groups is 3. The molecule has 0 saturated carbocycles. The Balaban J connectivity index is 1.60. The molecule has 5 atom stereocenters. The maximum atomic E-state index is 11.2. The highest BCUT2D eigenvalue weighted by atomic mass is 16.5. The molecule has 2 aliphatic rings. The van der Waals surface area contributed by atoms with Crippen LogP contribution >= 0.6 is 0 Å². The second-order valence-electron chi connectivity index (χ2n) is 8.97. The molecule has 9 heteroatoms. The van der Waals surface area contributed by atoms with Gasteiger partial charge in [0.2, 0.25) is 6.10 Å². The van der Waals surface area contributed by atoms with E-state index in [0.29, 0.717) is 29.2 Å². The van der Waals surface area contributed by atoms with Crippen molar-refractivity contribution in [2.24, 2.45) is 0 Å². The van der Waals surface area contributed by atoms with Crippen LogP contribution in [0.15, 0.2) is 36.4 Å². The molecule has 4 rings (SSSR count). The van der Waals surface area contributed by atoms with Gasteiger partial charge in [0.05, 0.1) is 24.9 Å². The van der Waals surface area contributed by atoms with E-state index in [1.165, 1.54) is 0 Å². The van der Waals surface area contributed by atoms with Crippen molar-refractivity contribution in [2.45, 2.75) is 56.4 Å². The summed E-state index contributed by atoms with van der Waals surface area (Å²) in [6, 6.07) is 10.9. The Morgan fingerprint density at radius 1 is 1.15 bits per heavy atom. The molecule has 2 aromatic carbocycles. The third-order valence-electron chi connectivity index (χ3n) is 6.22. The molecule has 2 aliphatic heterocycles. The normalized spacial score (nSPS) is 28.2. The molecular formula is C24H29NO8. The molecule has 0 bridgehead atoms. The van der Waals surface area contributed by atoms with Crippen LogP contribution in [0.5, 0.6) is 11.5 Å². The first-order valence-electron chi connectivity index (χ1n) is 10.8. The summed E-state index contributed by atoms with van der Waals surface area (Å²) in [6.07, 6.45) is -5.11. The molecule has 178 valence electrons. The fraction of sp³-hybridized carbons (Fsp3) is 0.458. The number of aliphatic carboxylic acids is 1. The van der Waals surface area contributed by atoms with Gasteiger partial charge in [-0.3, -0.25) is 0 Å². The minimum absolute atomic E-state index is 0.172. The minimum atomic E-state index is -1.34. The van der Waals surface area contributed by atoms with Crippen LogP contribution in [0, 0.1) is 0 Å². The summed E-state index contributed by atoms with van der Waals surface area (Å²) in [6.45, 7) is 3.51. The SMILES string of the molecule is COc1ccc([C@@H]2OC(C)(C)[C@@H](O)[C@H](O)[C@H]2O)cc1Cc1ccc2c(c1)NCC(C(=O)O)O2. The van der Waals surface area contributed by atoms with E-state index in [1.54, 1.807) is 39.2 Å². The number of rotatable bonds is 5. The van der Waals surface area contributed by atoms with Crippen molar-refractivity contribution in [3.8, 4) is 11.5 Å². The Bertz CT molecular complexity index is 1040. The zero-order chi connectivity index (χ0) is 23.9. The van der Waals surface area contributed by atoms with E-state index in [2.05, 4.69) is 5.32 Å². The van der Waals surface area contributed by atoms with Gasteiger partial charge < -0.3 is 40.0 Å². The summed E-state index contributed by atoms with van der Waals surface area (Å²) in [5, 5.41) is 43.3. The Kier molecular flexibility index (Phi) is 6.24. The largest absolute Gasteiger partial charge is 0.496 e. The van der Waals surface area contributed by atoms with Crippen LogP contribution in [0.4, 0.5) is 5.69 Å². The molecule has 1 fully saturated rings. The van der Waals surface area contributed by atoms with Crippen LogP contribution in [0.25, 0.3) is 0 Å². The number of carboxylic acids is 1. The summed E-state index contributed by atoms with van der Waals surface area (Å²) >= 11 is 0. The van der Waals surface area contributed by atoms with Gasteiger partial charge in [-0.2, -0.15) is 0 Å². The van der Waals surface area contributed by atoms with E-state index in [9.17, 15) is 20.1 Å². The van der Waals surface area contributed by atoms with Crippen molar-refractivity contribution in [2.75, 3.05) is 19.0 Å². The van der Waals surface area contributed by atoms with E-state index in [1.807, 2.05) is 18.2 Å². The predicted octanol–water partition coefficient (Wildman–Crippen LogP) is 1.48. The van der Waals surface area contributed by atoms with Gasteiger partial charge in [-0.15, -0.1) is 0 Å². The highest BCUT2D eigenvalue weighted by Crippen LogP contribution is 2.39. The number of carboxylic acid groups (broad SMARTS) is 1. The summed E-state index contributed by atoms with van der Waals surface area (Å²) in [5.74, 6) is 0.107. The zero-order valence-electron chi connectivity index (χ0n) is 18.7. The second-order valence-corrected chi connectivity index (χ2v) is 8.97. The number of carbonyl (C=O) groups is 1. The van der Waals surface area contributed by atoms with E-state index >= 15 is 0 Å². The number of aliphatic hydroxyl groups excluding tert-OH is 3. The molecule has 5 N–H and O–H groups in total. The van der Waals surface area contributed by atoms with E-state index in [4.69, 9.17) is 19.3 Å². The molecule has 0 aliphatic carbocycles. The van der Waals surface area contributed by atoms with E-state index in [-0.39, 0.29) is 6.54 Å². The number of hydrogen-bond donors (Lipinski definition) is 5. The van der Waals surface area contributed by atoms with Crippen molar-refractivity contribution in [1.29, 1.82) is 0 Å². The number of hydrogen-bond acceptors (Lipinski definition) is 8. The molecule has 33 heavy (non-hydrogen) atoms. The number of methoxy groups -OCH3 is 1. The van der Waals surface area contributed by atoms with Crippen LogP contribution in [0.1, 0.15) is 36.6 Å². The fourth-order valence-electron chi connectivity index (χ4n) is 4.31. The highest BCUT2D eigenvalue weighted by molar-refractivity contribution is 5.76. The fourth-order valence-corrected chi connectivity index (χ4v) is 4.31. The quantitative estimate of drug-likeness (QED) is 0.450. The molecule has 0 spiro atoms. The smallest absolute Gasteiger partial charge is 0.346 e. The predicted molar refractivity (Wildman–Crippen MR) is 119 cm³/mol. The first-order chi connectivity index (χ1) is 15.6. The third kappa shape index (κ3) is 4.49. The molecule has 9 nitrogen and oxygen atoms in total. The van der Waals surface area contributed by atoms with Crippen LogP contribution in [0.2, 0.25) is 0 Å². The molecule has 2 aromatic rings. The first-order valence-corrected chi connectivity index (χ1v) is 10.8. The number of fused-ring (bicyclic) bond motifs is 1. The summed E-state index contributed by atoms with van der Waals surface area (Å²) < 4.78 is 17.0. The summed E-state index contributed by atoms with van der Waals surface area (Å²) in [7, 11) is 1.57. The lowest BCUT2D eigenvalue weighted by molar-refractivity contribution is -0.259. The number of nitrogens with one attached hydrogen (secondary N) is 1. The van der Waals surface area contributed by atoms with Crippen molar-refractivity contribution in [3.63, 3.8) is 0 Å². The van der Waals surface area contributed by atoms with Gasteiger partial charge in [0.15, 0.2) is 0 Å². The molecule has 1 unspecified atom stereocenters. The van der Waals surface area contributed by atoms with Gasteiger partial charge >= 0.3 is 5.97 Å². The van der Waals surface area contributed by atoms with E-state index < -0.39 is 42.1 Å². The first kappa shape index (κ1) is 23.3. The van der Waals surface area contributed by atoms with Crippen molar-refractivity contribution in [1.82, 2.24) is 0 Å². The van der Waals surface area contributed by atoms with Crippen molar-refractivity contribution in [3.05, 3.63) is 53.1 Å². The van der Waals surface area contributed by atoms with Crippen molar-refractivity contribution < 1.29 is 39.4 Å². The average molecular weight is 459 g/mol. The van der Waals surface area contributed by atoms with Crippen LogP contribution in [-0.4, -0.2) is 70.1 Å². The lowest BCUT2D eigenvalue weighted by Crippen LogP contribution is -2.58. The number of benzene rings is 2. The zero-order valence-corrected chi connectivity index (χ0v) is 18.7. The second kappa shape index (κ2) is 8.83. The minimum Gasteiger partial charge on any atom is -0.496 e. The monoisotopic (exact) mass is 459 g/mol. The van der Waals surface area contributed by atoms with Gasteiger partial charge in [-0.05, 0) is 54.8 Å². The Morgan fingerprint density at radius 2 is 1.91 bits per heavy atom. The summed E-state index contributed by atoms with van der Waals surface area (Å²) in [5.41, 5.74) is 2.10. The molecule has 0 radical (unpaired) electrons. The Labute approximate surface area is 191 Å². The van der Waals surface area contributed by atoms with Gasteiger partial charge in [-0.25, -0.2) is 4.79 Å². The number of anilines is 1. The topological polar surface area (TPSA) is 138 Å². The third-order valence-corrected chi connectivity index (χ3v) is 6.22. The lowest BCUT2D eigenvalue weighted by atomic mass is 9.84. The molecule has 2 heterocycles. The van der Waals surface area contributed by atoms with Gasteiger partial charge in [0, 0.05) is 6.42 Å².